The van der Waals surface area contributed by atoms with E-state index in [9.17, 15) is 9.59 Å². The zero-order valence-electron chi connectivity index (χ0n) is 8.55. The highest BCUT2D eigenvalue weighted by molar-refractivity contribution is 6.03. The van der Waals surface area contributed by atoms with E-state index in [2.05, 4.69) is 0 Å². The molecule has 0 spiro atoms. The number of Topliss-reactive ketones (excluding diaryl/α,β-unsaturated/α-hetero) is 2. The van der Waals surface area contributed by atoms with Gasteiger partial charge in [-0.05, 0) is 6.92 Å². The highest BCUT2D eigenvalue weighted by atomic mass is 16.2. The molecule has 0 aromatic rings. The van der Waals surface area contributed by atoms with Crippen molar-refractivity contribution in [2.24, 2.45) is 17.8 Å². The molecule has 0 aliphatic carbocycles. The number of hydrogen-bond acceptors (Lipinski definition) is 2. The molecule has 0 fully saturated rings. The van der Waals surface area contributed by atoms with E-state index in [1.54, 1.807) is 6.92 Å². The van der Waals surface area contributed by atoms with Crippen molar-refractivity contribution in [1.29, 1.82) is 0 Å². The topological polar surface area (TPSA) is 34.1 Å². The molecule has 0 saturated carbocycles. The maximum absolute atomic E-state index is 11.4. The fraction of sp³-hybridized carbons (Fsp3) is 0.800. The molecule has 0 aromatic carbocycles. The minimum atomic E-state index is -0.426. The smallest absolute Gasteiger partial charge is 0.145 e. The molecule has 0 atom stereocenters. The molecule has 2 heteroatoms. The standard InChI is InChI=1S/C10H18O2/c1-6(2)9(11)8(5)10(12)7(3)4/h6-8H,1-5H3. The van der Waals surface area contributed by atoms with Gasteiger partial charge < -0.3 is 0 Å². The van der Waals surface area contributed by atoms with E-state index in [0.29, 0.717) is 0 Å². The van der Waals surface area contributed by atoms with Crippen LogP contribution in [-0.4, -0.2) is 11.6 Å². The van der Waals surface area contributed by atoms with Crippen molar-refractivity contribution in [3.63, 3.8) is 0 Å². The number of rotatable bonds is 4. The Balaban J connectivity index is 4.30. The van der Waals surface area contributed by atoms with Crippen LogP contribution in [0.25, 0.3) is 0 Å². The number of hydrogen-bond donors (Lipinski definition) is 0. The van der Waals surface area contributed by atoms with Crippen LogP contribution < -0.4 is 0 Å². The summed E-state index contributed by atoms with van der Waals surface area (Å²) in [4.78, 5) is 22.7. The van der Waals surface area contributed by atoms with Gasteiger partial charge in [0.2, 0.25) is 0 Å². The van der Waals surface area contributed by atoms with Gasteiger partial charge in [0.25, 0.3) is 0 Å². The van der Waals surface area contributed by atoms with Crippen LogP contribution in [0.5, 0.6) is 0 Å². The second-order valence-electron chi connectivity index (χ2n) is 3.84. The highest BCUT2D eigenvalue weighted by Crippen LogP contribution is 2.12. The average Bonchev–Trinajstić information content (AvgIpc) is 2.00. The summed E-state index contributed by atoms with van der Waals surface area (Å²) in [5.41, 5.74) is 0. The predicted molar refractivity (Wildman–Crippen MR) is 48.9 cm³/mol. The molecule has 70 valence electrons. The minimum absolute atomic E-state index is 0.0392. The average molecular weight is 170 g/mol. The number of carbonyl (C=O) groups excluding carboxylic acids is 2. The summed E-state index contributed by atoms with van der Waals surface area (Å²) in [6, 6.07) is 0. The van der Waals surface area contributed by atoms with Crippen LogP contribution in [0.15, 0.2) is 0 Å². The third-order valence-corrected chi connectivity index (χ3v) is 1.99. The molecule has 0 amide bonds. The van der Waals surface area contributed by atoms with E-state index in [4.69, 9.17) is 0 Å². The molecule has 0 saturated heterocycles. The second-order valence-corrected chi connectivity index (χ2v) is 3.84. The third-order valence-electron chi connectivity index (χ3n) is 1.99. The summed E-state index contributed by atoms with van der Waals surface area (Å²) in [5.74, 6) is -0.405. The largest absolute Gasteiger partial charge is 0.299 e. The quantitative estimate of drug-likeness (QED) is 0.605. The first-order valence-electron chi connectivity index (χ1n) is 4.45. The molecule has 0 aliphatic rings. The van der Waals surface area contributed by atoms with Gasteiger partial charge in [-0.25, -0.2) is 0 Å². The third kappa shape index (κ3) is 2.76. The van der Waals surface area contributed by atoms with Crippen molar-refractivity contribution in [2.45, 2.75) is 34.6 Å². The Kier molecular flexibility index (Phi) is 4.15. The van der Waals surface area contributed by atoms with Crippen molar-refractivity contribution in [1.82, 2.24) is 0 Å². The lowest BCUT2D eigenvalue weighted by molar-refractivity contribution is -0.135. The van der Waals surface area contributed by atoms with Crippen molar-refractivity contribution in [3.8, 4) is 0 Å². The van der Waals surface area contributed by atoms with Gasteiger partial charge in [-0.2, -0.15) is 0 Å². The molecule has 12 heavy (non-hydrogen) atoms. The molecular formula is C10H18O2. The first-order valence-corrected chi connectivity index (χ1v) is 4.45. The van der Waals surface area contributed by atoms with Crippen LogP contribution in [-0.2, 0) is 9.59 Å². The summed E-state index contributed by atoms with van der Waals surface area (Å²) in [6.45, 7) is 9.00. The van der Waals surface area contributed by atoms with Crippen molar-refractivity contribution in [2.75, 3.05) is 0 Å². The summed E-state index contributed by atoms with van der Waals surface area (Å²) in [5, 5.41) is 0. The maximum atomic E-state index is 11.4. The Labute approximate surface area is 74.3 Å². The van der Waals surface area contributed by atoms with Gasteiger partial charge in [0, 0.05) is 11.8 Å². The first kappa shape index (κ1) is 11.3. The van der Waals surface area contributed by atoms with Crippen LogP contribution >= 0.6 is 0 Å². The zero-order valence-corrected chi connectivity index (χ0v) is 8.55. The van der Waals surface area contributed by atoms with E-state index in [1.807, 2.05) is 27.7 Å². The second kappa shape index (κ2) is 4.39. The SMILES string of the molecule is CC(C)C(=O)C(C)C(=O)C(C)C. The maximum Gasteiger partial charge on any atom is 0.145 e. The Morgan fingerprint density at radius 2 is 1.00 bits per heavy atom. The molecule has 0 rings (SSSR count). The molecule has 0 aromatic heterocycles. The number of ketones is 2. The Morgan fingerprint density at radius 3 is 1.17 bits per heavy atom. The van der Waals surface area contributed by atoms with E-state index in [-0.39, 0.29) is 23.4 Å². The highest BCUT2D eigenvalue weighted by Gasteiger charge is 2.24. The van der Waals surface area contributed by atoms with Gasteiger partial charge >= 0.3 is 0 Å². The van der Waals surface area contributed by atoms with Crippen LogP contribution in [0.1, 0.15) is 34.6 Å². The number of carbonyl (C=O) groups is 2. The molecule has 0 radical (unpaired) electrons. The Morgan fingerprint density at radius 1 is 0.750 bits per heavy atom. The van der Waals surface area contributed by atoms with Crippen LogP contribution in [0.2, 0.25) is 0 Å². The van der Waals surface area contributed by atoms with Gasteiger partial charge in [-0.15, -0.1) is 0 Å². The molecule has 0 unspecified atom stereocenters. The predicted octanol–water partition coefficient (Wildman–Crippen LogP) is 2.07. The Hall–Kier alpha value is -0.660. The fourth-order valence-corrected chi connectivity index (χ4v) is 1.14. The van der Waals surface area contributed by atoms with Crippen molar-refractivity contribution >= 4 is 11.6 Å². The minimum Gasteiger partial charge on any atom is -0.299 e. The lowest BCUT2D eigenvalue weighted by Gasteiger charge is -2.13. The summed E-state index contributed by atoms with van der Waals surface area (Å²) in [7, 11) is 0. The van der Waals surface area contributed by atoms with Crippen molar-refractivity contribution in [3.05, 3.63) is 0 Å². The lowest BCUT2D eigenvalue weighted by Crippen LogP contribution is -2.28. The van der Waals surface area contributed by atoms with Gasteiger partial charge in [0.05, 0.1) is 5.92 Å². The summed E-state index contributed by atoms with van der Waals surface area (Å²) in [6.07, 6.45) is 0. The molecule has 0 aliphatic heterocycles. The van der Waals surface area contributed by atoms with Crippen molar-refractivity contribution < 1.29 is 9.59 Å². The monoisotopic (exact) mass is 170 g/mol. The lowest BCUT2D eigenvalue weighted by atomic mass is 9.88. The zero-order chi connectivity index (χ0) is 9.89. The van der Waals surface area contributed by atoms with Gasteiger partial charge in [-0.3, -0.25) is 9.59 Å². The first-order chi connectivity index (χ1) is 5.37. The van der Waals surface area contributed by atoms with Gasteiger partial charge in [0.15, 0.2) is 0 Å². The summed E-state index contributed by atoms with van der Waals surface area (Å²) >= 11 is 0. The van der Waals surface area contributed by atoms with E-state index >= 15 is 0 Å². The van der Waals surface area contributed by atoms with E-state index in [0.717, 1.165) is 0 Å². The molecule has 0 bridgehead atoms. The van der Waals surface area contributed by atoms with E-state index in [1.165, 1.54) is 0 Å². The van der Waals surface area contributed by atoms with Crippen LogP contribution in [0.3, 0.4) is 0 Å². The van der Waals surface area contributed by atoms with Gasteiger partial charge in [0.1, 0.15) is 11.6 Å². The fourth-order valence-electron chi connectivity index (χ4n) is 1.14. The van der Waals surface area contributed by atoms with E-state index < -0.39 is 5.92 Å². The normalized spacial score (nSPS) is 11.3. The van der Waals surface area contributed by atoms with Crippen LogP contribution in [0, 0.1) is 17.8 Å². The Bertz CT molecular complexity index is 160. The summed E-state index contributed by atoms with van der Waals surface area (Å²) < 4.78 is 0. The molecule has 0 heterocycles. The van der Waals surface area contributed by atoms with Crippen LogP contribution in [0.4, 0.5) is 0 Å². The molecule has 0 N–H and O–H groups in total. The van der Waals surface area contributed by atoms with Gasteiger partial charge in [-0.1, -0.05) is 27.7 Å². The molecular weight excluding hydrogens is 152 g/mol. The molecule has 2 nitrogen and oxygen atoms in total.